The summed E-state index contributed by atoms with van der Waals surface area (Å²) < 4.78 is 37.2. The first-order valence-electron chi connectivity index (χ1n) is 4.87. The van der Waals surface area contributed by atoms with Crippen LogP contribution in [0.2, 0.25) is 0 Å². The number of carbonyl (C=O) groups is 1. The molecule has 0 rings (SSSR count). The number of nitrogens with two attached hydrogens (primary N) is 1. The van der Waals surface area contributed by atoms with Crippen molar-refractivity contribution in [2.24, 2.45) is 5.73 Å². The first-order chi connectivity index (χ1) is 7.13. The zero-order valence-corrected chi connectivity index (χ0v) is 10.3. The van der Waals surface area contributed by atoms with Crippen molar-refractivity contribution in [3.05, 3.63) is 0 Å². The Bertz CT molecular complexity index is 243. The normalized spacial score (nSPS) is 17.7. The SMILES string of the molecule is CCSCC(C)NC(=O)C(C)(N)C(F)(F)F. The van der Waals surface area contributed by atoms with Crippen LogP contribution in [0.4, 0.5) is 13.2 Å². The van der Waals surface area contributed by atoms with Crippen molar-refractivity contribution in [2.45, 2.75) is 38.5 Å². The molecule has 0 spiro atoms. The molecule has 16 heavy (non-hydrogen) atoms. The summed E-state index contributed by atoms with van der Waals surface area (Å²) in [6.07, 6.45) is -4.74. The molecule has 0 aromatic heterocycles. The molecule has 0 radical (unpaired) electrons. The number of halogens is 3. The van der Waals surface area contributed by atoms with Gasteiger partial charge in [0.05, 0.1) is 0 Å². The summed E-state index contributed by atoms with van der Waals surface area (Å²) in [5.74, 6) is 0.222. The predicted molar refractivity (Wildman–Crippen MR) is 59.3 cm³/mol. The lowest BCUT2D eigenvalue weighted by molar-refractivity contribution is -0.187. The number of rotatable bonds is 5. The van der Waals surface area contributed by atoms with Gasteiger partial charge in [0.15, 0.2) is 5.54 Å². The largest absolute Gasteiger partial charge is 0.415 e. The van der Waals surface area contributed by atoms with Crippen molar-refractivity contribution >= 4 is 17.7 Å². The highest BCUT2D eigenvalue weighted by molar-refractivity contribution is 7.99. The minimum atomic E-state index is -4.74. The number of nitrogens with one attached hydrogen (secondary N) is 1. The van der Waals surface area contributed by atoms with Gasteiger partial charge in [-0.05, 0) is 19.6 Å². The van der Waals surface area contributed by atoms with Crippen LogP contribution in [0.25, 0.3) is 0 Å². The number of hydrogen-bond acceptors (Lipinski definition) is 3. The number of hydrogen-bond donors (Lipinski definition) is 2. The standard InChI is InChI=1S/C9H17F3N2OS/c1-4-16-5-6(2)14-7(15)8(3,13)9(10,11)12/h6H,4-5,13H2,1-3H3,(H,14,15). The number of amides is 1. The maximum atomic E-state index is 12.4. The van der Waals surface area contributed by atoms with Crippen LogP contribution in [0, 0.1) is 0 Å². The minimum absolute atomic E-state index is 0.331. The summed E-state index contributed by atoms with van der Waals surface area (Å²) in [4.78, 5) is 11.3. The lowest BCUT2D eigenvalue weighted by atomic mass is 10.0. The summed E-state index contributed by atoms with van der Waals surface area (Å²) in [6.45, 7) is 4.25. The predicted octanol–water partition coefficient (Wildman–Crippen LogP) is 1.52. The molecule has 0 heterocycles. The van der Waals surface area contributed by atoms with Crippen LogP contribution in [0.5, 0.6) is 0 Å². The van der Waals surface area contributed by atoms with E-state index >= 15 is 0 Å². The highest BCUT2D eigenvalue weighted by Crippen LogP contribution is 2.28. The zero-order chi connectivity index (χ0) is 13.0. The van der Waals surface area contributed by atoms with Gasteiger partial charge in [0.2, 0.25) is 5.91 Å². The molecule has 0 bridgehead atoms. The van der Waals surface area contributed by atoms with Gasteiger partial charge in [-0.15, -0.1) is 0 Å². The fourth-order valence-electron chi connectivity index (χ4n) is 0.839. The van der Waals surface area contributed by atoms with Crippen LogP contribution in [-0.4, -0.2) is 35.2 Å². The van der Waals surface area contributed by atoms with Gasteiger partial charge in [0, 0.05) is 11.8 Å². The molecular formula is C9H17F3N2OS. The van der Waals surface area contributed by atoms with E-state index in [1.54, 1.807) is 6.92 Å². The number of carbonyl (C=O) groups excluding carboxylic acids is 1. The van der Waals surface area contributed by atoms with Gasteiger partial charge in [0.1, 0.15) is 0 Å². The van der Waals surface area contributed by atoms with Crippen molar-refractivity contribution in [3.8, 4) is 0 Å². The average Bonchev–Trinajstić information content (AvgIpc) is 2.12. The maximum Gasteiger partial charge on any atom is 0.415 e. The Balaban J connectivity index is 4.35. The molecule has 7 heteroatoms. The molecular weight excluding hydrogens is 241 g/mol. The van der Waals surface area contributed by atoms with Gasteiger partial charge in [-0.2, -0.15) is 24.9 Å². The molecule has 3 nitrogen and oxygen atoms in total. The fourth-order valence-corrected chi connectivity index (χ4v) is 1.51. The molecule has 0 saturated carbocycles. The second-order valence-corrected chi connectivity index (χ2v) is 5.05. The smallest absolute Gasteiger partial charge is 0.351 e. The Morgan fingerprint density at radius 2 is 2.00 bits per heavy atom. The van der Waals surface area contributed by atoms with Gasteiger partial charge in [0.25, 0.3) is 0 Å². The highest BCUT2D eigenvalue weighted by Gasteiger charge is 2.54. The van der Waals surface area contributed by atoms with E-state index < -0.39 is 17.6 Å². The first kappa shape index (κ1) is 15.6. The number of thioether (sulfide) groups is 1. The van der Waals surface area contributed by atoms with Crippen molar-refractivity contribution in [1.29, 1.82) is 0 Å². The van der Waals surface area contributed by atoms with Crippen molar-refractivity contribution < 1.29 is 18.0 Å². The van der Waals surface area contributed by atoms with Gasteiger partial charge >= 0.3 is 6.18 Å². The Labute approximate surface area is 97.3 Å². The van der Waals surface area contributed by atoms with E-state index in [4.69, 9.17) is 5.73 Å². The van der Waals surface area contributed by atoms with Gasteiger partial charge in [-0.1, -0.05) is 6.92 Å². The Kier molecular flexibility index (Phi) is 5.61. The van der Waals surface area contributed by atoms with Crippen molar-refractivity contribution in [2.75, 3.05) is 11.5 Å². The van der Waals surface area contributed by atoms with Crippen molar-refractivity contribution in [1.82, 2.24) is 5.32 Å². The average molecular weight is 258 g/mol. The monoisotopic (exact) mass is 258 g/mol. The van der Waals surface area contributed by atoms with Crippen LogP contribution in [0.1, 0.15) is 20.8 Å². The Morgan fingerprint density at radius 3 is 2.38 bits per heavy atom. The third kappa shape index (κ3) is 4.21. The zero-order valence-electron chi connectivity index (χ0n) is 9.52. The summed E-state index contributed by atoms with van der Waals surface area (Å²) >= 11 is 1.54. The third-order valence-electron chi connectivity index (χ3n) is 2.01. The molecule has 2 unspecified atom stereocenters. The second kappa shape index (κ2) is 5.77. The van der Waals surface area contributed by atoms with Gasteiger partial charge in [-0.25, -0.2) is 0 Å². The maximum absolute atomic E-state index is 12.4. The van der Waals surface area contributed by atoms with Crippen LogP contribution >= 0.6 is 11.8 Å². The summed E-state index contributed by atoms with van der Waals surface area (Å²) in [5, 5.41) is 2.26. The molecule has 3 N–H and O–H groups in total. The van der Waals surface area contributed by atoms with Crippen LogP contribution in [-0.2, 0) is 4.79 Å². The molecule has 2 atom stereocenters. The molecule has 0 aliphatic rings. The van der Waals surface area contributed by atoms with E-state index in [-0.39, 0.29) is 6.04 Å². The fraction of sp³-hybridized carbons (Fsp3) is 0.889. The van der Waals surface area contributed by atoms with E-state index in [1.807, 2.05) is 6.92 Å². The lowest BCUT2D eigenvalue weighted by Gasteiger charge is -2.27. The molecule has 1 amide bonds. The summed E-state index contributed by atoms with van der Waals surface area (Å²) in [6, 6.07) is -0.331. The molecule has 0 saturated heterocycles. The molecule has 0 aromatic rings. The lowest BCUT2D eigenvalue weighted by Crippen LogP contribution is -2.62. The van der Waals surface area contributed by atoms with Crippen LogP contribution < -0.4 is 11.1 Å². The first-order valence-corrected chi connectivity index (χ1v) is 6.02. The second-order valence-electron chi connectivity index (χ2n) is 3.73. The van der Waals surface area contributed by atoms with Crippen LogP contribution in [0.3, 0.4) is 0 Å². The summed E-state index contributed by atoms with van der Waals surface area (Å²) in [7, 11) is 0. The van der Waals surface area contributed by atoms with Gasteiger partial charge in [-0.3, -0.25) is 4.79 Å². The van der Waals surface area contributed by atoms with Crippen LogP contribution in [0.15, 0.2) is 0 Å². The molecule has 0 aromatic carbocycles. The minimum Gasteiger partial charge on any atom is -0.351 e. The summed E-state index contributed by atoms with van der Waals surface area (Å²) in [5.41, 5.74) is 2.14. The topological polar surface area (TPSA) is 55.1 Å². The molecule has 0 aliphatic carbocycles. The highest BCUT2D eigenvalue weighted by atomic mass is 32.2. The quantitative estimate of drug-likeness (QED) is 0.786. The van der Waals surface area contributed by atoms with E-state index in [2.05, 4.69) is 5.32 Å². The molecule has 0 aliphatic heterocycles. The molecule has 96 valence electrons. The Hall–Kier alpha value is -0.430. The number of alkyl halides is 3. The van der Waals surface area contributed by atoms with Gasteiger partial charge < -0.3 is 11.1 Å². The van der Waals surface area contributed by atoms with E-state index in [9.17, 15) is 18.0 Å². The van der Waals surface area contributed by atoms with E-state index in [0.29, 0.717) is 12.7 Å². The van der Waals surface area contributed by atoms with Crippen molar-refractivity contribution in [3.63, 3.8) is 0 Å². The third-order valence-corrected chi connectivity index (χ3v) is 3.15. The van der Waals surface area contributed by atoms with E-state index in [1.165, 1.54) is 11.8 Å². The molecule has 0 fully saturated rings. The van der Waals surface area contributed by atoms with E-state index in [0.717, 1.165) is 5.75 Å². The Morgan fingerprint density at radius 1 is 1.50 bits per heavy atom.